The van der Waals surface area contributed by atoms with Crippen molar-refractivity contribution in [2.24, 2.45) is 0 Å². The molecule has 0 amide bonds. The molecule has 9 heteroatoms. The second kappa shape index (κ2) is 7.10. The highest BCUT2D eigenvalue weighted by Gasteiger charge is 2.35. The topological polar surface area (TPSA) is 95.6 Å². The van der Waals surface area contributed by atoms with Gasteiger partial charge in [0.25, 0.3) is 6.71 Å². The van der Waals surface area contributed by atoms with Crippen LogP contribution in [-0.4, -0.2) is 42.6 Å². The Balaban J connectivity index is 1.96. The van der Waals surface area contributed by atoms with Gasteiger partial charge in [-0.25, -0.2) is 14.4 Å². The summed E-state index contributed by atoms with van der Waals surface area (Å²) in [6, 6.07) is 1.19. The molecule has 150 valence electrons. The van der Waals surface area contributed by atoms with E-state index in [1.165, 1.54) is 13.3 Å². The SMILES string of the molecule is COc1c(N2CCB(C#N)C(C)C2)c(F)cc2c(=O)c(C(=O)O)cn(C3CC3)c12. The monoisotopic (exact) mass is 397 g/mol. The molecule has 2 heterocycles. The number of carboxylic acid groups (broad SMARTS) is 1. The normalized spacial score (nSPS) is 19.3. The minimum absolute atomic E-state index is 0.00913. The van der Waals surface area contributed by atoms with Crippen LogP contribution >= 0.6 is 0 Å². The van der Waals surface area contributed by atoms with E-state index in [2.05, 4.69) is 5.97 Å². The summed E-state index contributed by atoms with van der Waals surface area (Å²) in [7, 11) is 1.43. The summed E-state index contributed by atoms with van der Waals surface area (Å²) in [5, 5.41) is 18.7. The van der Waals surface area contributed by atoms with Crippen molar-refractivity contribution in [2.75, 3.05) is 25.1 Å². The van der Waals surface area contributed by atoms with Crippen molar-refractivity contribution in [3.63, 3.8) is 0 Å². The van der Waals surface area contributed by atoms with Crippen molar-refractivity contribution in [1.29, 1.82) is 5.26 Å². The van der Waals surface area contributed by atoms with Gasteiger partial charge in [-0.15, -0.1) is 0 Å². The van der Waals surface area contributed by atoms with Crippen LogP contribution < -0.4 is 15.1 Å². The van der Waals surface area contributed by atoms with E-state index in [-0.39, 0.29) is 41.0 Å². The minimum atomic E-state index is -1.33. The van der Waals surface area contributed by atoms with E-state index < -0.39 is 17.2 Å². The van der Waals surface area contributed by atoms with Gasteiger partial charge in [0, 0.05) is 31.3 Å². The van der Waals surface area contributed by atoms with Crippen molar-refractivity contribution in [2.45, 2.75) is 37.9 Å². The number of methoxy groups -OCH3 is 1. The summed E-state index contributed by atoms with van der Waals surface area (Å²) >= 11 is 0. The summed E-state index contributed by atoms with van der Waals surface area (Å²) in [5.74, 6) is 0.648. The Labute approximate surface area is 167 Å². The van der Waals surface area contributed by atoms with Gasteiger partial charge in [0.05, 0.1) is 18.0 Å². The number of nitriles is 1. The van der Waals surface area contributed by atoms with Gasteiger partial charge in [-0.05, 0) is 31.0 Å². The number of ether oxygens (including phenoxy) is 1. The van der Waals surface area contributed by atoms with Crippen molar-refractivity contribution in [1.82, 2.24) is 4.57 Å². The molecular formula is C20H21BFN3O4. The second-order valence-corrected chi connectivity index (χ2v) is 7.90. The zero-order valence-electron chi connectivity index (χ0n) is 16.3. The standard InChI is InChI=1S/C20H21BFN3O4/c1-11-8-24(6-5-21(11)10-23)17-15(22)7-13-16(19(17)29-2)25(12-3-4-12)9-14(18(13)26)20(27)28/h7,9,11-12H,3-6,8H2,1-2H3,(H,27,28). The molecule has 4 rings (SSSR count). The Hall–Kier alpha value is -3.02. The number of fused-ring (bicyclic) bond motifs is 1. The number of aromatic carboxylic acids is 1. The van der Waals surface area contributed by atoms with Crippen LogP contribution in [-0.2, 0) is 0 Å². The number of benzene rings is 1. The number of anilines is 1. The van der Waals surface area contributed by atoms with E-state index in [1.54, 1.807) is 4.57 Å². The summed E-state index contributed by atoms with van der Waals surface area (Å²) in [4.78, 5) is 26.1. The quantitative estimate of drug-likeness (QED) is 0.798. The highest BCUT2D eigenvalue weighted by Crippen LogP contribution is 2.44. The number of nitrogens with zero attached hydrogens (tertiary/aromatic N) is 3. The second-order valence-electron chi connectivity index (χ2n) is 7.90. The summed E-state index contributed by atoms with van der Waals surface area (Å²) in [5.41, 5.74) is -0.400. The Morgan fingerprint density at radius 2 is 2.17 bits per heavy atom. The average Bonchev–Trinajstić information content (AvgIpc) is 3.52. The Kier molecular flexibility index (Phi) is 4.73. The first kappa shape index (κ1) is 19.3. The molecule has 7 nitrogen and oxygen atoms in total. The molecule has 2 fully saturated rings. The lowest BCUT2D eigenvalue weighted by Crippen LogP contribution is -2.41. The molecule has 0 radical (unpaired) electrons. The van der Waals surface area contributed by atoms with Crippen molar-refractivity contribution in [3.8, 4) is 11.7 Å². The molecule has 2 aromatic rings. The zero-order chi connectivity index (χ0) is 20.9. The number of pyridine rings is 1. The Bertz CT molecular complexity index is 1110. The van der Waals surface area contributed by atoms with Gasteiger partial charge in [0.2, 0.25) is 5.43 Å². The number of carboxylic acids is 1. The first-order valence-corrected chi connectivity index (χ1v) is 9.70. The molecule has 1 N–H and O–H groups in total. The number of rotatable bonds is 4. The molecule has 1 aliphatic carbocycles. The lowest BCUT2D eigenvalue weighted by Gasteiger charge is -2.35. The number of aromatic nitrogens is 1. The van der Waals surface area contributed by atoms with E-state index >= 15 is 4.39 Å². The maximum Gasteiger partial charge on any atom is 0.341 e. The molecule has 0 spiro atoms. The molecule has 1 aliphatic heterocycles. The summed E-state index contributed by atoms with van der Waals surface area (Å²) < 4.78 is 22.6. The molecule has 1 atom stereocenters. The van der Waals surface area contributed by atoms with Gasteiger partial charge >= 0.3 is 5.97 Å². The number of hydrogen-bond donors (Lipinski definition) is 1. The van der Waals surface area contributed by atoms with Gasteiger partial charge in [0.15, 0.2) is 11.6 Å². The molecule has 1 saturated heterocycles. The average molecular weight is 397 g/mol. The third-order valence-corrected chi connectivity index (χ3v) is 5.96. The lowest BCUT2D eigenvalue weighted by atomic mass is 9.39. The molecule has 1 aromatic heterocycles. The molecule has 29 heavy (non-hydrogen) atoms. The fraction of sp³-hybridized carbons (Fsp3) is 0.450. The third-order valence-electron chi connectivity index (χ3n) is 5.96. The molecule has 2 aliphatic rings. The molecule has 1 saturated carbocycles. The summed E-state index contributed by atoms with van der Waals surface area (Å²) in [6.07, 6.45) is 3.68. The zero-order valence-corrected chi connectivity index (χ0v) is 16.3. The van der Waals surface area contributed by atoms with Gasteiger partial charge in [-0.2, -0.15) is 0 Å². The van der Waals surface area contributed by atoms with Crippen LogP contribution in [0.4, 0.5) is 10.1 Å². The fourth-order valence-corrected chi connectivity index (χ4v) is 4.26. The van der Waals surface area contributed by atoms with Gasteiger partial charge in [-0.3, -0.25) is 4.79 Å². The maximum absolute atomic E-state index is 15.2. The van der Waals surface area contributed by atoms with Crippen LogP contribution in [0.5, 0.6) is 5.75 Å². The largest absolute Gasteiger partial charge is 0.492 e. The highest BCUT2D eigenvalue weighted by molar-refractivity contribution is 6.68. The van der Waals surface area contributed by atoms with Crippen LogP contribution in [0.2, 0.25) is 12.1 Å². The Morgan fingerprint density at radius 3 is 2.72 bits per heavy atom. The van der Waals surface area contributed by atoms with E-state index in [0.29, 0.717) is 24.9 Å². The van der Waals surface area contributed by atoms with Crippen LogP contribution in [0.25, 0.3) is 10.9 Å². The molecule has 1 aromatic carbocycles. The van der Waals surface area contributed by atoms with Gasteiger partial charge in [-0.1, -0.05) is 6.92 Å². The number of carbonyl (C=O) groups is 1. The smallest absolute Gasteiger partial charge is 0.341 e. The van der Waals surface area contributed by atoms with Crippen LogP contribution in [0, 0.1) is 17.0 Å². The highest BCUT2D eigenvalue weighted by atomic mass is 19.1. The third kappa shape index (κ3) is 3.13. The molecular weight excluding hydrogens is 376 g/mol. The fourth-order valence-electron chi connectivity index (χ4n) is 4.26. The van der Waals surface area contributed by atoms with E-state index in [1.807, 2.05) is 11.8 Å². The number of halogens is 1. The van der Waals surface area contributed by atoms with Crippen LogP contribution in [0.15, 0.2) is 17.1 Å². The summed E-state index contributed by atoms with van der Waals surface area (Å²) in [6.45, 7) is 2.88. The van der Waals surface area contributed by atoms with Crippen LogP contribution in [0.3, 0.4) is 0 Å². The minimum Gasteiger partial charge on any atom is -0.492 e. The Morgan fingerprint density at radius 1 is 1.45 bits per heavy atom. The maximum atomic E-state index is 15.2. The molecule has 1 unspecified atom stereocenters. The predicted molar refractivity (Wildman–Crippen MR) is 108 cm³/mol. The van der Waals surface area contributed by atoms with Crippen LogP contribution in [0.1, 0.15) is 36.2 Å². The van der Waals surface area contributed by atoms with Gasteiger partial charge < -0.3 is 19.3 Å². The number of hydrogen-bond acceptors (Lipinski definition) is 5. The predicted octanol–water partition coefficient (Wildman–Crippen LogP) is 2.95. The first-order chi connectivity index (χ1) is 13.9. The van der Waals surface area contributed by atoms with E-state index in [4.69, 9.17) is 4.74 Å². The van der Waals surface area contributed by atoms with Crippen molar-refractivity contribution in [3.05, 3.63) is 33.9 Å². The van der Waals surface area contributed by atoms with E-state index in [0.717, 1.165) is 18.9 Å². The van der Waals surface area contributed by atoms with E-state index in [9.17, 15) is 20.0 Å². The van der Waals surface area contributed by atoms with Crippen molar-refractivity contribution < 1.29 is 19.0 Å². The first-order valence-electron chi connectivity index (χ1n) is 9.70. The molecule has 0 bridgehead atoms. The lowest BCUT2D eigenvalue weighted by molar-refractivity contribution is 0.0695. The van der Waals surface area contributed by atoms with Gasteiger partial charge in [0.1, 0.15) is 11.3 Å². The van der Waals surface area contributed by atoms with Crippen molar-refractivity contribution >= 4 is 29.3 Å².